The van der Waals surface area contributed by atoms with Crippen molar-refractivity contribution in [2.24, 2.45) is 0 Å². The van der Waals surface area contributed by atoms with Gasteiger partial charge >= 0.3 is 0 Å². The number of hydrogen-bond donors (Lipinski definition) is 2. The van der Waals surface area contributed by atoms with Crippen molar-refractivity contribution < 1.29 is 4.21 Å². The summed E-state index contributed by atoms with van der Waals surface area (Å²) in [6.07, 6.45) is 6.30. The Hall–Kier alpha value is -3.09. The predicted octanol–water partition coefficient (Wildman–Crippen LogP) is 2.43. The van der Waals surface area contributed by atoms with E-state index in [9.17, 15) is 4.21 Å². The molecule has 0 radical (unpaired) electrons. The molecule has 4 aromatic rings. The lowest BCUT2D eigenvalue weighted by Gasteiger charge is -2.12. The van der Waals surface area contributed by atoms with Gasteiger partial charge in [0.1, 0.15) is 16.8 Å². The summed E-state index contributed by atoms with van der Waals surface area (Å²) in [5.74, 6) is 1.17. The first-order valence-electron chi connectivity index (χ1n) is 9.08. The number of benzene rings is 1. The lowest BCUT2D eigenvalue weighted by Crippen LogP contribution is -2.28. The maximum absolute atomic E-state index is 12.6. The first-order valence-corrected chi connectivity index (χ1v) is 10.2. The zero-order valence-corrected chi connectivity index (χ0v) is 15.7. The second-order valence-electron chi connectivity index (χ2n) is 6.95. The number of hydrogen-bond acceptors (Lipinski definition) is 5. The van der Waals surface area contributed by atoms with E-state index >= 15 is 0 Å². The second kappa shape index (κ2) is 6.82. The number of nitrogens with zero attached hydrogens (tertiary/aromatic N) is 5. The van der Waals surface area contributed by atoms with Crippen LogP contribution in [0.25, 0.3) is 16.8 Å². The van der Waals surface area contributed by atoms with E-state index in [1.165, 1.54) is 0 Å². The van der Waals surface area contributed by atoms with Crippen molar-refractivity contribution in [1.82, 2.24) is 29.3 Å². The molecule has 5 rings (SSSR count). The number of H-pyrrole nitrogens is 1. The molecule has 28 heavy (non-hydrogen) atoms. The van der Waals surface area contributed by atoms with Crippen LogP contribution in [0.1, 0.15) is 36.6 Å². The lowest BCUT2D eigenvalue weighted by molar-refractivity contribution is 0.597. The van der Waals surface area contributed by atoms with E-state index in [-0.39, 0.29) is 12.0 Å². The largest absolute Gasteiger partial charge is 0.345 e. The van der Waals surface area contributed by atoms with Gasteiger partial charge in [-0.25, -0.2) is 13.9 Å². The Morgan fingerprint density at radius 2 is 2.07 bits per heavy atom. The van der Waals surface area contributed by atoms with Crippen molar-refractivity contribution in [2.75, 3.05) is 0 Å². The number of rotatable bonds is 4. The number of nitriles is 1. The molecule has 8 nitrogen and oxygen atoms in total. The Kier molecular flexibility index (Phi) is 4.15. The van der Waals surface area contributed by atoms with Crippen LogP contribution in [0.4, 0.5) is 0 Å². The summed E-state index contributed by atoms with van der Waals surface area (Å²) in [6, 6.07) is 11.0. The highest BCUT2D eigenvalue weighted by Crippen LogP contribution is 2.34. The van der Waals surface area contributed by atoms with Gasteiger partial charge in [0.15, 0.2) is 11.3 Å². The van der Waals surface area contributed by atoms with Crippen LogP contribution in [0.3, 0.4) is 0 Å². The minimum atomic E-state index is -1.31. The van der Waals surface area contributed by atoms with Crippen LogP contribution in [-0.4, -0.2) is 34.8 Å². The lowest BCUT2D eigenvalue weighted by atomic mass is 10.1. The minimum absolute atomic E-state index is 0.136. The third-order valence-electron chi connectivity index (χ3n) is 5.24. The number of aromatic nitrogens is 5. The fraction of sp³-hybridized carbons (Fsp3) is 0.263. The summed E-state index contributed by atoms with van der Waals surface area (Å²) in [7, 11) is -1.31. The van der Waals surface area contributed by atoms with E-state index in [2.05, 4.69) is 35.4 Å². The molecular formula is C19H17N7OS. The molecule has 0 spiro atoms. The Bertz CT molecular complexity index is 1220. The first-order chi connectivity index (χ1) is 13.7. The third kappa shape index (κ3) is 2.87. The quantitative estimate of drug-likeness (QED) is 0.555. The smallest absolute Gasteiger partial charge is 0.179 e. The maximum Gasteiger partial charge on any atom is 0.179 e. The highest BCUT2D eigenvalue weighted by atomic mass is 32.2. The molecule has 9 heteroatoms. The van der Waals surface area contributed by atoms with Crippen LogP contribution in [-0.2, 0) is 11.0 Å². The molecule has 1 unspecified atom stereocenters. The van der Waals surface area contributed by atoms with Gasteiger partial charge in [-0.2, -0.15) is 5.26 Å². The molecule has 3 aromatic heterocycles. The van der Waals surface area contributed by atoms with Gasteiger partial charge in [-0.1, -0.05) is 0 Å². The van der Waals surface area contributed by atoms with Crippen LogP contribution in [0.2, 0.25) is 0 Å². The molecule has 0 bridgehead atoms. The summed E-state index contributed by atoms with van der Waals surface area (Å²) in [6.45, 7) is 0. The predicted molar refractivity (Wildman–Crippen MR) is 104 cm³/mol. The van der Waals surface area contributed by atoms with E-state index < -0.39 is 11.0 Å². The summed E-state index contributed by atoms with van der Waals surface area (Å²) in [5, 5.41) is 17.6. The monoisotopic (exact) mass is 391 g/mol. The van der Waals surface area contributed by atoms with Crippen molar-refractivity contribution in [2.45, 2.75) is 36.1 Å². The SMILES string of the molecule is N#Cc1ccc(S(=O)N[C@H]2CC[C@@H](c3nnc4cnc5[nH]ccc5n34)C2)cc1. The van der Waals surface area contributed by atoms with Crippen molar-refractivity contribution >= 4 is 27.8 Å². The molecule has 3 heterocycles. The number of aromatic amines is 1. The molecule has 1 aromatic carbocycles. The van der Waals surface area contributed by atoms with Crippen molar-refractivity contribution in [3.63, 3.8) is 0 Å². The molecule has 140 valence electrons. The topological polar surface area (TPSA) is 112 Å². The van der Waals surface area contributed by atoms with Gasteiger partial charge in [-0.05, 0) is 49.6 Å². The highest BCUT2D eigenvalue weighted by Gasteiger charge is 2.30. The summed E-state index contributed by atoms with van der Waals surface area (Å²) in [4.78, 5) is 8.15. The van der Waals surface area contributed by atoms with Gasteiger partial charge in [0.25, 0.3) is 0 Å². The Morgan fingerprint density at radius 3 is 2.89 bits per heavy atom. The summed E-state index contributed by atoms with van der Waals surface area (Å²) in [5.41, 5.74) is 3.07. The van der Waals surface area contributed by atoms with Crippen LogP contribution < -0.4 is 4.72 Å². The number of nitrogens with one attached hydrogen (secondary N) is 2. The molecule has 0 amide bonds. The molecule has 1 saturated carbocycles. The molecule has 1 aliphatic carbocycles. The molecular weight excluding hydrogens is 374 g/mol. The minimum Gasteiger partial charge on any atom is -0.345 e. The summed E-state index contributed by atoms with van der Waals surface area (Å²) >= 11 is 0. The van der Waals surface area contributed by atoms with Crippen LogP contribution in [0, 0.1) is 11.3 Å². The van der Waals surface area contributed by atoms with E-state index in [4.69, 9.17) is 5.26 Å². The van der Waals surface area contributed by atoms with Crippen LogP contribution in [0.15, 0.2) is 47.6 Å². The first kappa shape index (κ1) is 17.0. The van der Waals surface area contributed by atoms with Crippen LogP contribution >= 0.6 is 0 Å². The Morgan fingerprint density at radius 1 is 1.21 bits per heavy atom. The molecule has 1 fully saturated rings. The zero-order valence-electron chi connectivity index (χ0n) is 14.9. The van der Waals surface area contributed by atoms with Gasteiger partial charge in [-0.15, -0.1) is 10.2 Å². The molecule has 3 atom stereocenters. The average Bonchev–Trinajstić information content (AvgIpc) is 3.45. The van der Waals surface area contributed by atoms with E-state index in [1.54, 1.807) is 30.5 Å². The standard InChI is InChI=1S/C19H17N7OS/c20-10-12-1-5-15(6-2-12)28(27)25-14-4-3-13(9-14)19-24-23-17-11-22-18-16(26(17)19)7-8-21-18/h1-2,5-8,11,13-14,21,25H,3-4,9H2/t13-,14+,28?/m1/s1. The van der Waals surface area contributed by atoms with Crippen molar-refractivity contribution in [3.05, 3.63) is 54.1 Å². The second-order valence-corrected chi connectivity index (χ2v) is 8.20. The van der Waals surface area contributed by atoms with E-state index in [0.717, 1.165) is 41.9 Å². The van der Waals surface area contributed by atoms with Gasteiger partial charge in [0.05, 0.1) is 28.2 Å². The van der Waals surface area contributed by atoms with E-state index in [1.807, 2.05) is 12.3 Å². The molecule has 1 aliphatic rings. The zero-order chi connectivity index (χ0) is 19.1. The fourth-order valence-electron chi connectivity index (χ4n) is 3.86. The Balaban J connectivity index is 1.35. The summed E-state index contributed by atoms with van der Waals surface area (Å²) < 4.78 is 17.9. The normalized spacial score (nSPS) is 20.5. The molecule has 0 aliphatic heterocycles. The Labute approximate surface area is 163 Å². The third-order valence-corrected chi connectivity index (χ3v) is 6.48. The van der Waals surface area contributed by atoms with E-state index in [0.29, 0.717) is 10.5 Å². The van der Waals surface area contributed by atoms with Gasteiger partial charge < -0.3 is 4.98 Å². The van der Waals surface area contributed by atoms with Gasteiger partial charge in [0, 0.05) is 18.2 Å². The highest BCUT2D eigenvalue weighted by molar-refractivity contribution is 7.83. The van der Waals surface area contributed by atoms with Crippen molar-refractivity contribution in [3.8, 4) is 6.07 Å². The number of fused-ring (bicyclic) bond motifs is 3. The van der Waals surface area contributed by atoms with Gasteiger partial charge in [0.2, 0.25) is 0 Å². The molecule has 2 N–H and O–H groups in total. The molecule has 0 saturated heterocycles. The average molecular weight is 391 g/mol. The maximum atomic E-state index is 12.6. The van der Waals surface area contributed by atoms with Gasteiger partial charge in [-0.3, -0.25) is 4.40 Å². The van der Waals surface area contributed by atoms with Crippen LogP contribution in [0.5, 0.6) is 0 Å². The fourth-order valence-corrected chi connectivity index (χ4v) is 4.89. The van der Waals surface area contributed by atoms with Crippen molar-refractivity contribution in [1.29, 1.82) is 5.26 Å².